The molecule has 3 heteroatoms. The molecule has 0 bridgehead atoms. The summed E-state index contributed by atoms with van der Waals surface area (Å²) in [6.45, 7) is 2.11. The zero-order valence-electron chi connectivity index (χ0n) is 10.4. The van der Waals surface area contributed by atoms with Gasteiger partial charge in [-0.1, -0.05) is 31.0 Å². The Kier molecular flexibility index (Phi) is 2.93. The maximum Gasteiger partial charge on any atom is 0.125 e. The summed E-state index contributed by atoms with van der Waals surface area (Å²) >= 11 is 0. The van der Waals surface area contributed by atoms with Gasteiger partial charge in [-0.3, -0.25) is 0 Å². The number of nitrogens with zero attached hydrogens (tertiary/aromatic N) is 2. The lowest BCUT2D eigenvalue weighted by molar-refractivity contribution is 0.726. The third-order valence-electron chi connectivity index (χ3n) is 3.72. The highest BCUT2D eigenvalue weighted by Gasteiger charge is 2.17. The number of aromatic amines is 1. The van der Waals surface area contributed by atoms with Crippen LogP contribution in [0.1, 0.15) is 31.2 Å². The molecule has 1 N–H and O–H groups in total. The third kappa shape index (κ3) is 1.84. The van der Waals surface area contributed by atoms with Crippen LogP contribution in [0.25, 0.3) is 10.9 Å². The monoisotopic (exact) mass is 239 g/mol. The molecule has 1 saturated heterocycles. The van der Waals surface area contributed by atoms with Gasteiger partial charge in [0.1, 0.15) is 17.5 Å². The normalized spacial score (nSPS) is 16.5. The summed E-state index contributed by atoms with van der Waals surface area (Å²) in [7, 11) is 0. The SMILES string of the molecule is N#Cc1c(N2CCCCCC2)[nH]c2ccccc12. The van der Waals surface area contributed by atoms with E-state index in [0.29, 0.717) is 0 Å². The standard InChI is InChI=1S/C15H17N3/c16-11-13-12-7-3-4-8-14(12)17-15(13)18-9-5-1-2-6-10-18/h3-4,7-8,17H,1-2,5-6,9-10H2. The Hall–Kier alpha value is -1.95. The number of hydrogen-bond donors (Lipinski definition) is 1. The summed E-state index contributed by atoms with van der Waals surface area (Å²) in [6.07, 6.45) is 5.05. The van der Waals surface area contributed by atoms with Gasteiger partial charge in [0.2, 0.25) is 0 Å². The highest BCUT2D eigenvalue weighted by atomic mass is 15.2. The van der Waals surface area contributed by atoms with Crippen LogP contribution in [0, 0.1) is 11.3 Å². The number of aromatic nitrogens is 1. The largest absolute Gasteiger partial charge is 0.357 e. The van der Waals surface area contributed by atoms with Crippen LogP contribution < -0.4 is 4.90 Å². The maximum absolute atomic E-state index is 9.41. The summed E-state index contributed by atoms with van der Waals surface area (Å²) in [5, 5.41) is 10.5. The number of hydrogen-bond acceptors (Lipinski definition) is 2. The van der Waals surface area contributed by atoms with Crippen LogP contribution in [0.4, 0.5) is 5.82 Å². The summed E-state index contributed by atoms with van der Waals surface area (Å²) in [6, 6.07) is 10.4. The van der Waals surface area contributed by atoms with Gasteiger partial charge in [-0.05, 0) is 18.9 Å². The average molecular weight is 239 g/mol. The average Bonchev–Trinajstić information content (AvgIpc) is 2.59. The van der Waals surface area contributed by atoms with Crippen molar-refractivity contribution in [3.8, 4) is 6.07 Å². The van der Waals surface area contributed by atoms with Crippen LogP contribution in [0.5, 0.6) is 0 Å². The molecule has 2 aromatic rings. The van der Waals surface area contributed by atoms with Crippen LogP contribution in [-0.2, 0) is 0 Å². The summed E-state index contributed by atoms with van der Waals surface area (Å²) in [5.74, 6) is 1.01. The maximum atomic E-state index is 9.41. The number of nitriles is 1. The fraction of sp³-hybridized carbons (Fsp3) is 0.400. The number of rotatable bonds is 1. The van der Waals surface area contributed by atoms with Crippen LogP contribution in [0.15, 0.2) is 24.3 Å². The zero-order valence-corrected chi connectivity index (χ0v) is 10.4. The van der Waals surface area contributed by atoms with Crippen LogP contribution >= 0.6 is 0 Å². The molecule has 2 heterocycles. The molecule has 3 rings (SSSR count). The molecule has 0 aliphatic carbocycles. The highest BCUT2D eigenvalue weighted by Crippen LogP contribution is 2.29. The first-order valence-corrected chi connectivity index (χ1v) is 6.66. The van der Waals surface area contributed by atoms with E-state index < -0.39 is 0 Å². The molecule has 1 aromatic heterocycles. The predicted octanol–water partition coefficient (Wildman–Crippen LogP) is 3.42. The molecule has 0 radical (unpaired) electrons. The van der Waals surface area contributed by atoms with Crippen molar-refractivity contribution >= 4 is 16.7 Å². The number of benzene rings is 1. The molecule has 0 spiro atoms. The fourth-order valence-corrected chi connectivity index (χ4v) is 2.77. The van der Waals surface area contributed by atoms with Crippen molar-refractivity contribution in [1.29, 1.82) is 5.26 Å². The predicted molar refractivity (Wildman–Crippen MR) is 73.7 cm³/mol. The molecular weight excluding hydrogens is 222 g/mol. The molecule has 0 saturated carbocycles. The first-order valence-electron chi connectivity index (χ1n) is 6.66. The lowest BCUT2D eigenvalue weighted by Gasteiger charge is -2.21. The van der Waals surface area contributed by atoms with Crippen LogP contribution in [0.2, 0.25) is 0 Å². The van der Waals surface area contributed by atoms with E-state index in [4.69, 9.17) is 0 Å². The van der Waals surface area contributed by atoms with Gasteiger partial charge >= 0.3 is 0 Å². The van der Waals surface area contributed by atoms with Gasteiger partial charge in [0, 0.05) is 24.0 Å². The van der Waals surface area contributed by atoms with E-state index in [-0.39, 0.29) is 0 Å². The molecule has 0 unspecified atom stereocenters. The molecule has 1 aliphatic rings. The Morgan fingerprint density at radius 3 is 2.50 bits per heavy atom. The second-order valence-corrected chi connectivity index (χ2v) is 4.91. The van der Waals surface area contributed by atoms with Crippen molar-refractivity contribution < 1.29 is 0 Å². The van der Waals surface area contributed by atoms with E-state index in [0.717, 1.165) is 35.4 Å². The van der Waals surface area contributed by atoms with Gasteiger partial charge < -0.3 is 9.88 Å². The van der Waals surface area contributed by atoms with Gasteiger partial charge in [-0.25, -0.2) is 0 Å². The molecule has 0 atom stereocenters. The van der Waals surface area contributed by atoms with Crippen molar-refractivity contribution in [1.82, 2.24) is 4.98 Å². The number of anilines is 1. The minimum absolute atomic E-state index is 0.799. The van der Waals surface area contributed by atoms with Gasteiger partial charge in [-0.15, -0.1) is 0 Å². The first-order chi connectivity index (χ1) is 8.90. The smallest absolute Gasteiger partial charge is 0.125 e. The summed E-state index contributed by atoms with van der Waals surface area (Å²) in [5.41, 5.74) is 1.86. The molecule has 92 valence electrons. The Morgan fingerprint density at radius 2 is 1.78 bits per heavy atom. The van der Waals surface area contributed by atoms with Crippen LogP contribution in [-0.4, -0.2) is 18.1 Å². The second-order valence-electron chi connectivity index (χ2n) is 4.91. The quantitative estimate of drug-likeness (QED) is 0.828. The molecule has 1 aliphatic heterocycles. The van der Waals surface area contributed by atoms with Crippen molar-refractivity contribution in [2.24, 2.45) is 0 Å². The van der Waals surface area contributed by atoms with E-state index in [1.165, 1.54) is 25.7 Å². The minimum atomic E-state index is 0.799. The van der Waals surface area contributed by atoms with Gasteiger partial charge in [0.05, 0.1) is 0 Å². The van der Waals surface area contributed by atoms with E-state index in [9.17, 15) is 5.26 Å². The third-order valence-corrected chi connectivity index (χ3v) is 3.72. The van der Waals surface area contributed by atoms with Gasteiger partial charge in [0.15, 0.2) is 0 Å². The molecule has 3 nitrogen and oxygen atoms in total. The molecule has 1 aromatic carbocycles. The van der Waals surface area contributed by atoms with Crippen molar-refractivity contribution in [3.05, 3.63) is 29.8 Å². The molecular formula is C15H17N3. The number of H-pyrrole nitrogens is 1. The zero-order chi connectivity index (χ0) is 12.4. The topological polar surface area (TPSA) is 42.8 Å². The second kappa shape index (κ2) is 4.73. The summed E-state index contributed by atoms with van der Waals surface area (Å²) < 4.78 is 0. The first kappa shape index (κ1) is 11.2. The molecule has 1 fully saturated rings. The number of fused-ring (bicyclic) bond motifs is 1. The Bertz CT molecular complexity index is 583. The number of para-hydroxylation sites is 1. The lowest BCUT2D eigenvalue weighted by atomic mass is 10.2. The van der Waals surface area contributed by atoms with Crippen LogP contribution in [0.3, 0.4) is 0 Å². The highest BCUT2D eigenvalue weighted by molar-refractivity contribution is 5.91. The number of nitrogens with one attached hydrogen (secondary N) is 1. The lowest BCUT2D eigenvalue weighted by Crippen LogP contribution is -2.24. The van der Waals surface area contributed by atoms with Crippen molar-refractivity contribution in [2.45, 2.75) is 25.7 Å². The van der Waals surface area contributed by atoms with E-state index in [1.54, 1.807) is 0 Å². The van der Waals surface area contributed by atoms with E-state index >= 15 is 0 Å². The fourth-order valence-electron chi connectivity index (χ4n) is 2.77. The van der Waals surface area contributed by atoms with E-state index in [2.05, 4.69) is 16.0 Å². The Morgan fingerprint density at radius 1 is 1.06 bits per heavy atom. The molecule has 18 heavy (non-hydrogen) atoms. The van der Waals surface area contributed by atoms with Crippen molar-refractivity contribution in [2.75, 3.05) is 18.0 Å². The Labute approximate surface area is 107 Å². The van der Waals surface area contributed by atoms with Crippen molar-refractivity contribution in [3.63, 3.8) is 0 Å². The summed E-state index contributed by atoms with van der Waals surface area (Å²) in [4.78, 5) is 5.75. The van der Waals surface area contributed by atoms with Gasteiger partial charge in [-0.2, -0.15) is 5.26 Å². The molecule has 0 amide bonds. The van der Waals surface area contributed by atoms with Gasteiger partial charge in [0.25, 0.3) is 0 Å². The minimum Gasteiger partial charge on any atom is -0.357 e. The Balaban J connectivity index is 2.07. The van der Waals surface area contributed by atoms with E-state index in [1.807, 2.05) is 24.3 Å².